The van der Waals surface area contributed by atoms with Crippen molar-refractivity contribution in [3.63, 3.8) is 0 Å². The average molecular weight is 252 g/mol. The summed E-state index contributed by atoms with van der Waals surface area (Å²) in [5.74, 6) is 1.16. The van der Waals surface area contributed by atoms with Gasteiger partial charge < -0.3 is 25.8 Å². The van der Waals surface area contributed by atoms with E-state index < -0.39 is 6.09 Å². The fourth-order valence-electron chi connectivity index (χ4n) is 1.94. The lowest BCUT2D eigenvalue weighted by molar-refractivity contribution is 0.155. The second-order valence-electron chi connectivity index (χ2n) is 4.17. The van der Waals surface area contributed by atoms with Gasteiger partial charge in [-0.15, -0.1) is 0 Å². The highest BCUT2D eigenvalue weighted by Crippen LogP contribution is 2.23. The molecule has 1 aliphatic heterocycles. The second kappa shape index (κ2) is 4.99. The molecule has 0 aliphatic carbocycles. The van der Waals surface area contributed by atoms with Crippen molar-refractivity contribution in [2.24, 2.45) is 0 Å². The van der Waals surface area contributed by atoms with Crippen molar-refractivity contribution >= 4 is 17.6 Å². The van der Waals surface area contributed by atoms with Gasteiger partial charge in [0.05, 0.1) is 19.0 Å². The molecular formula is C11H16N4O3. The molecule has 0 radical (unpaired) electrons. The van der Waals surface area contributed by atoms with Gasteiger partial charge in [0.2, 0.25) is 0 Å². The Hall–Kier alpha value is -2.18. The Morgan fingerprint density at radius 2 is 2.50 bits per heavy atom. The van der Waals surface area contributed by atoms with Crippen molar-refractivity contribution < 1.29 is 14.6 Å². The van der Waals surface area contributed by atoms with Crippen molar-refractivity contribution in [1.29, 1.82) is 0 Å². The maximum absolute atomic E-state index is 10.8. The Kier molecular flexibility index (Phi) is 3.40. The molecule has 7 nitrogen and oxygen atoms in total. The Morgan fingerprint density at radius 3 is 3.06 bits per heavy atom. The Labute approximate surface area is 105 Å². The maximum atomic E-state index is 10.8. The van der Waals surface area contributed by atoms with Crippen molar-refractivity contribution in [3.8, 4) is 5.75 Å². The molecule has 1 atom stereocenters. The van der Waals surface area contributed by atoms with E-state index in [2.05, 4.69) is 10.3 Å². The van der Waals surface area contributed by atoms with Gasteiger partial charge in [-0.05, 0) is 6.42 Å². The number of nitrogens with two attached hydrogens (primary N) is 1. The van der Waals surface area contributed by atoms with Crippen molar-refractivity contribution in [3.05, 3.63) is 12.3 Å². The van der Waals surface area contributed by atoms with Gasteiger partial charge in [-0.3, -0.25) is 0 Å². The minimum absolute atomic E-state index is 0.0456. The van der Waals surface area contributed by atoms with Gasteiger partial charge >= 0.3 is 6.09 Å². The normalized spacial score (nSPS) is 18.7. The van der Waals surface area contributed by atoms with Crippen LogP contribution in [0.25, 0.3) is 0 Å². The first-order valence-corrected chi connectivity index (χ1v) is 5.64. The number of nitrogens with zero attached hydrogens (tertiary/aromatic N) is 2. The van der Waals surface area contributed by atoms with Crippen LogP contribution in [0.1, 0.15) is 6.42 Å². The van der Waals surface area contributed by atoms with Gasteiger partial charge in [0.1, 0.15) is 11.6 Å². The third-order valence-corrected chi connectivity index (χ3v) is 2.93. The van der Waals surface area contributed by atoms with Crippen LogP contribution in [0.4, 0.5) is 16.3 Å². The van der Waals surface area contributed by atoms with Gasteiger partial charge in [0, 0.05) is 25.2 Å². The molecule has 1 saturated heterocycles. The summed E-state index contributed by atoms with van der Waals surface area (Å²) in [4.78, 5) is 16.3. The van der Waals surface area contributed by atoms with E-state index in [4.69, 9.17) is 15.6 Å². The fourth-order valence-corrected chi connectivity index (χ4v) is 1.94. The molecule has 98 valence electrons. The van der Waals surface area contributed by atoms with Crippen LogP contribution in [0.15, 0.2) is 12.3 Å². The highest BCUT2D eigenvalue weighted by atomic mass is 16.5. The monoisotopic (exact) mass is 252 g/mol. The second-order valence-corrected chi connectivity index (χ2v) is 4.17. The Balaban J connectivity index is 2.00. The number of ether oxygens (including phenoxy) is 1. The van der Waals surface area contributed by atoms with Crippen molar-refractivity contribution in [2.45, 2.75) is 12.5 Å². The van der Waals surface area contributed by atoms with Crippen molar-refractivity contribution in [1.82, 2.24) is 9.88 Å². The van der Waals surface area contributed by atoms with Crippen LogP contribution in [0.2, 0.25) is 0 Å². The van der Waals surface area contributed by atoms with E-state index in [0.717, 1.165) is 6.42 Å². The number of carbonyl (C=O) groups is 1. The van der Waals surface area contributed by atoms with Crippen LogP contribution in [-0.4, -0.2) is 47.3 Å². The summed E-state index contributed by atoms with van der Waals surface area (Å²) in [5, 5.41) is 12.0. The molecule has 1 aromatic heterocycles. The molecule has 0 bridgehead atoms. The number of carboxylic acid groups (broad SMARTS) is 1. The molecule has 0 aromatic carbocycles. The fraction of sp³-hybridized carbons (Fsp3) is 0.455. The molecule has 2 heterocycles. The van der Waals surface area contributed by atoms with Gasteiger partial charge in [-0.25, -0.2) is 9.78 Å². The number of anilines is 2. The minimum atomic E-state index is -0.894. The molecule has 1 aromatic rings. The molecule has 0 unspecified atom stereocenters. The molecule has 0 spiro atoms. The highest BCUT2D eigenvalue weighted by molar-refractivity contribution is 5.66. The Bertz CT molecular complexity index is 452. The summed E-state index contributed by atoms with van der Waals surface area (Å²) in [7, 11) is 1.55. The quantitative estimate of drug-likeness (QED) is 0.736. The van der Waals surface area contributed by atoms with Gasteiger partial charge in [0.25, 0.3) is 0 Å². The van der Waals surface area contributed by atoms with E-state index in [1.807, 2.05) is 0 Å². The number of likely N-dealkylation sites (tertiary alicyclic amines) is 1. The van der Waals surface area contributed by atoms with Gasteiger partial charge in [0.15, 0.2) is 0 Å². The van der Waals surface area contributed by atoms with Crippen LogP contribution in [0.3, 0.4) is 0 Å². The molecular weight excluding hydrogens is 236 g/mol. The number of pyridine rings is 1. The maximum Gasteiger partial charge on any atom is 0.407 e. The number of aromatic nitrogens is 1. The molecule has 2 rings (SSSR count). The zero-order valence-electron chi connectivity index (χ0n) is 10.1. The summed E-state index contributed by atoms with van der Waals surface area (Å²) in [6.07, 6.45) is 1.43. The third-order valence-electron chi connectivity index (χ3n) is 2.93. The lowest BCUT2D eigenvalue weighted by atomic mass is 10.2. The molecule has 4 N–H and O–H groups in total. The third kappa shape index (κ3) is 2.55. The van der Waals surface area contributed by atoms with E-state index in [1.165, 1.54) is 4.90 Å². The van der Waals surface area contributed by atoms with E-state index >= 15 is 0 Å². The number of amides is 1. The first-order chi connectivity index (χ1) is 8.60. The molecule has 1 amide bonds. The Morgan fingerprint density at radius 1 is 1.72 bits per heavy atom. The smallest absolute Gasteiger partial charge is 0.407 e. The minimum Gasteiger partial charge on any atom is -0.495 e. The SMILES string of the molecule is COc1cnc(N[C@H]2CCN(C(=O)O)C2)c(N)c1. The number of methoxy groups -OCH3 is 1. The number of nitrogens with one attached hydrogen (secondary N) is 1. The zero-order valence-corrected chi connectivity index (χ0v) is 10.1. The van der Waals surface area contributed by atoms with Gasteiger partial charge in [-0.1, -0.05) is 0 Å². The van der Waals surface area contributed by atoms with Crippen LogP contribution in [0, 0.1) is 0 Å². The van der Waals surface area contributed by atoms with Crippen LogP contribution in [-0.2, 0) is 0 Å². The number of nitrogen functional groups attached to an aromatic ring is 1. The highest BCUT2D eigenvalue weighted by Gasteiger charge is 2.26. The van der Waals surface area contributed by atoms with E-state index in [1.54, 1.807) is 19.4 Å². The van der Waals surface area contributed by atoms with E-state index in [9.17, 15) is 4.79 Å². The van der Waals surface area contributed by atoms with Crippen LogP contribution >= 0.6 is 0 Å². The first kappa shape index (κ1) is 12.3. The molecule has 18 heavy (non-hydrogen) atoms. The summed E-state index contributed by atoms with van der Waals surface area (Å²) < 4.78 is 5.01. The standard InChI is InChI=1S/C11H16N4O3/c1-18-8-4-9(12)10(13-5-8)14-7-2-3-15(6-7)11(16)17/h4-5,7H,2-3,6,12H2,1H3,(H,13,14)(H,16,17)/t7-/m0/s1. The van der Waals surface area contributed by atoms with E-state index in [0.29, 0.717) is 30.3 Å². The largest absolute Gasteiger partial charge is 0.495 e. The van der Waals surface area contributed by atoms with Crippen molar-refractivity contribution in [2.75, 3.05) is 31.2 Å². The van der Waals surface area contributed by atoms with Gasteiger partial charge in [-0.2, -0.15) is 0 Å². The average Bonchev–Trinajstić information content (AvgIpc) is 2.80. The first-order valence-electron chi connectivity index (χ1n) is 5.64. The summed E-state index contributed by atoms with van der Waals surface area (Å²) >= 11 is 0. The van der Waals surface area contributed by atoms with Crippen LogP contribution < -0.4 is 15.8 Å². The van der Waals surface area contributed by atoms with Crippen LogP contribution in [0.5, 0.6) is 5.75 Å². The molecule has 7 heteroatoms. The predicted molar refractivity (Wildman–Crippen MR) is 66.8 cm³/mol. The lowest BCUT2D eigenvalue weighted by Gasteiger charge is -2.15. The lowest BCUT2D eigenvalue weighted by Crippen LogP contribution is -2.30. The summed E-state index contributed by atoms with van der Waals surface area (Å²) in [5.41, 5.74) is 6.32. The molecule has 1 fully saturated rings. The molecule has 0 saturated carbocycles. The van der Waals surface area contributed by atoms with E-state index in [-0.39, 0.29) is 6.04 Å². The number of rotatable bonds is 3. The zero-order chi connectivity index (χ0) is 13.1. The molecule has 1 aliphatic rings. The summed E-state index contributed by atoms with van der Waals surface area (Å²) in [6.45, 7) is 0.978. The topological polar surface area (TPSA) is 101 Å². The summed E-state index contributed by atoms with van der Waals surface area (Å²) in [6, 6.07) is 1.73. The number of hydrogen-bond acceptors (Lipinski definition) is 5. The number of hydrogen-bond donors (Lipinski definition) is 3. The predicted octanol–water partition coefficient (Wildman–Crippen LogP) is 0.837.